The molecule has 0 unspecified atom stereocenters. The highest BCUT2D eigenvalue weighted by Gasteiger charge is 2.37. The molecule has 0 spiro atoms. The second-order valence-corrected chi connectivity index (χ2v) is 10.2. The first-order chi connectivity index (χ1) is 7.12. The van der Waals surface area contributed by atoms with E-state index >= 15 is 0 Å². The number of rotatable bonds is 5. The van der Waals surface area contributed by atoms with Crippen LogP contribution < -0.4 is 0 Å². The van der Waals surface area contributed by atoms with Gasteiger partial charge in [0.25, 0.3) is 0 Å². The van der Waals surface area contributed by atoms with E-state index in [0.717, 1.165) is 0 Å². The van der Waals surface area contributed by atoms with Crippen molar-refractivity contribution in [2.24, 2.45) is 0 Å². The van der Waals surface area contributed by atoms with Gasteiger partial charge in [0.1, 0.15) is 0 Å². The molecule has 0 aromatic heterocycles. The van der Waals surface area contributed by atoms with Gasteiger partial charge in [0.15, 0.2) is 8.32 Å². The summed E-state index contributed by atoms with van der Waals surface area (Å²) in [6, 6.07) is 0. The molecule has 0 aliphatic heterocycles. The van der Waals surface area contributed by atoms with Gasteiger partial charge in [-0.3, -0.25) is 9.63 Å². The van der Waals surface area contributed by atoms with Crippen LogP contribution in [0.15, 0.2) is 0 Å². The zero-order valence-electron chi connectivity index (χ0n) is 11.6. The predicted molar refractivity (Wildman–Crippen MR) is 67.5 cm³/mol. The topological polar surface area (TPSA) is 38.8 Å². The molecule has 0 fully saturated rings. The van der Waals surface area contributed by atoms with E-state index in [-0.39, 0.29) is 10.9 Å². The van der Waals surface area contributed by atoms with Crippen LogP contribution in [0.2, 0.25) is 18.1 Å². The van der Waals surface area contributed by atoms with Crippen molar-refractivity contribution in [3.05, 3.63) is 0 Å². The number of carbonyl (C=O) groups is 1. The molecule has 0 N–H and O–H groups in total. The second kappa shape index (κ2) is 5.79. The van der Waals surface area contributed by atoms with Gasteiger partial charge in [0.2, 0.25) is 5.91 Å². The highest BCUT2D eigenvalue weighted by molar-refractivity contribution is 6.74. The fourth-order valence-electron chi connectivity index (χ4n) is 0.869. The summed E-state index contributed by atoms with van der Waals surface area (Å²) >= 11 is 0. The van der Waals surface area contributed by atoms with Crippen LogP contribution in [0.4, 0.5) is 0 Å². The molecule has 0 saturated heterocycles. The quantitative estimate of drug-likeness (QED) is 0.553. The third-order valence-electron chi connectivity index (χ3n) is 3.21. The Bertz CT molecular complexity index is 236. The molecule has 0 bridgehead atoms. The van der Waals surface area contributed by atoms with Gasteiger partial charge in [-0.15, -0.1) is 0 Å². The largest absolute Gasteiger partial charge is 0.416 e. The van der Waals surface area contributed by atoms with E-state index in [4.69, 9.17) is 9.26 Å². The van der Waals surface area contributed by atoms with E-state index in [9.17, 15) is 4.79 Å². The van der Waals surface area contributed by atoms with Gasteiger partial charge >= 0.3 is 0 Å². The molecule has 16 heavy (non-hydrogen) atoms. The van der Waals surface area contributed by atoms with Crippen molar-refractivity contribution in [2.45, 2.75) is 45.3 Å². The lowest BCUT2D eigenvalue weighted by molar-refractivity contribution is -0.169. The van der Waals surface area contributed by atoms with Crippen LogP contribution in [0.3, 0.4) is 0 Å². The molecule has 0 rings (SSSR count). The number of hydrogen-bond donors (Lipinski definition) is 0. The Kier molecular flexibility index (Phi) is 5.65. The van der Waals surface area contributed by atoms with Gasteiger partial charge in [0.05, 0.1) is 13.5 Å². The SMILES string of the molecule is CON(C)C(=O)CCO[Si](C)(C)C(C)(C)C. The summed E-state index contributed by atoms with van der Waals surface area (Å²) in [4.78, 5) is 16.2. The fraction of sp³-hybridized carbons (Fsp3) is 0.909. The minimum Gasteiger partial charge on any atom is -0.416 e. The molecule has 96 valence electrons. The van der Waals surface area contributed by atoms with Crippen molar-refractivity contribution in [3.8, 4) is 0 Å². The van der Waals surface area contributed by atoms with E-state index in [1.165, 1.54) is 12.2 Å². The number of hydrogen-bond acceptors (Lipinski definition) is 3. The highest BCUT2D eigenvalue weighted by atomic mass is 28.4. The van der Waals surface area contributed by atoms with Crippen LogP contribution in [-0.2, 0) is 14.1 Å². The maximum Gasteiger partial charge on any atom is 0.248 e. The third kappa shape index (κ3) is 4.63. The Hall–Kier alpha value is -0.393. The van der Waals surface area contributed by atoms with Crippen LogP contribution in [0.5, 0.6) is 0 Å². The van der Waals surface area contributed by atoms with E-state index < -0.39 is 8.32 Å². The maximum absolute atomic E-state index is 11.4. The summed E-state index contributed by atoms with van der Waals surface area (Å²) in [6.45, 7) is 11.4. The lowest BCUT2D eigenvalue weighted by Crippen LogP contribution is -2.41. The van der Waals surface area contributed by atoms with Gasteiger partial charge in [-0.2, -0.15) is 0 Å². The summed E-state index contributed by atoms with van der Waals surface area (Å²) in [5, 5.41) is 1.41. The Morgan fingerprint density at radius 2 is 1.81 bits per heavy atom. The molecular formula is C11H25NO3Si. The Morgan fingerprint density at radius 3 is 2.19 bits per heavy atom. The zero-order chi connectivity index (χ0) is 13.0. The number of carbonyl (C=O) groups excluding carboxylic acids is 1. The van der Waals surface area contributed by atoms with Crippen molar-refractivity contribution in [1.82, 2.24) is 5.06 Å². The van der Waals surface area contributed by atoms with Gasteiger partial charge in [-0.25, -0.2) is 5.06 Å². The van der Waals surface area contributed by atoms with E-state index in [1.807, 2.05) is 0 Å². The van der Waals surface area contributed by atoms with Crippen LogP contribution in [-0.4, -0.2) is 40.1 Å². The van der Waals surface area contributed by atoms with Gasteiger partial charge in [-0.1, -0.05) is 20.8 Å². The first-order valence-corrected chi connectivity index (χ1v) is 8.47. The predicted octanol–water partition coefficient (Wildman–Crippen LogP) is 2.42. The van der Waals surface area contributed by atoms with Crippen LogP contribution in [0.25, 0.3) is 0 Å². The minimum absolute atomic E-state index is 0.0544. The Balaban J connectivity index is 4.04. The van der Waals surface area contributed by atoms with Crippen molar-refractivity contribution in [3.63, 3.8) is 0 Å². The monoisotopic (exact) mass is 247 g/mol. The number of nitrogens with zero attached hydrogens (tertiary/aromatic N) is 1. The van der Waals surface area contributed by atoms with E-state index in [1.54, 1.807) is 7.05 Å². The van der Waals surface area contributed by atoms with Crippen molar-refractivity contribution in [2.75, 3.05) is 20.8 Å². The maximum atomic E-state index is 11.4. The Morgan fingerprint density at radius 1 is 1.31 bits per heavy atom. The number of amides is 1. The second-order valence-electron chi connectivity index (χ2n) is 5.43. The van der Waals surface area contributed by atoms with Crippen molar-refractivity contribution >= 4 is 14.2 Å². The summed E-state index contributed by atoms with van der Waals surface area (Å²) in [5.74, 6) is -0.0544. The Labute approximate surface area is 100.0 Å². The van der Waals surface area contributed by atoms with Crippen molar-refractivity contribution < 1.29 is 14.1 Å². The normalized spacial score (nSPS) is 12.7. The molecule has 0 atom stereocenters. The molecule has 4 nitrogen and oxygen atoms in total. The smallest absolute Gasteiger partial charge is 0.248 e. The molecule has 0 saturated carbocycles. The van der Waals surface area contributed by atoms with Gasteiger partial charge in [-0.05, 0) is 18.1 Å². The summed E-state index contributed by atoms with van der Waals surface area (Å²) in [5.41, 5.74) is 0. The average Bonchev–Trinajstić information content (AvgIpc) is 2.14. The lowest BCUT2D eigenvalue weighted by Gasteiger charge is -2.36. The summed E-state index contributed by atoms with van der Waals surface area (Å²) in [6.07, 6.45) is 0.372. The molecule has 0 heterocycles. The first kappa shape index (κ1) is 15.6. The molecule has 5 heteroatoms. The lowest BCUT2D eigenvalue weighted by atomic mass is 10.2. The fourth-order valence-corrected chi connectivity index (χ4v) is 1.91. The standard InChI is InChI=1S/C11H25NO3Si/c1-11(2,3)16(6,7)15-9-8-10(13)12(4)14-5/h8-9H2,1-7H3. The third-order valence-corrected chi connectivity index (χ3v) is 7.75. The van der Waals surface area contributed by atoms with Crippen LogP contribution >= 0.6 is 0 Å². The molecule has 0 aliphatic rings. The van der Waals surface area contributed by atoms with E-state index in [0.29, 0.717) is 13.0 Å². The molecule has 0 aromatic carbocycles. The minimum atomic E-state index is -1.73. The van der Waals surface area contributed by atoms with Crippen LogP contribution in [0, 0.1) is 0 Å². The van der Waals surface area contributed by atoms with Crippen LogP contribution in [0.1, 0.15) is 27.2 Å². The summed E-state index contributed by atoms with van der Waals surface area (Å²) in [7, 11) is 1.36. The summed E-state index contributed by atoms with van der Waals surface area (Å²) < 4.78 is 5.90. The van der Waals surface area contributed by atoms with Crippen molar-refractivity contribution in [1.29, 1.82) is 0 Å². The average molecular weight is 247 g/mol. The highest BCUT2D eigenvalue weighted by Crippen LogP contribution is 2.36. The first-order valence-electron chi connectivity index (χ1n) is 5.56. The van der Waals surface area contributed by atoms with Gasteiger partial charge in [0, 0.05) is 13.7 Å². The zero-order valence-corrected chi connectivity index (χ0v) is 12.6. The molecule has 0 aliphatic carbocycles. The molecule has 0 aromatic rings. The molecule has 0 radical (unpaired) electrons. The van der Waals surface area contributed by atoms with Gasteiger partial charge < -0.3 is 4.43 Å². The van der Waals surface area contributed by atoms with E-state index in [2.05, 4.69) is 33.9 Å². The molecular weight excluding hydrogens is 222 g/mol. The number of hydroxylamine groups is 2. The molecule has 1 amide bonds.